The van der Waals surface area contributed by atoms with Gasteiger partial charge in [-0.3, -0.25) is 9.10 Å². The van der Waals surface area contributed by atoms with Crippen molar-refractivity contribution in [2.45, 2.75) is 42.7 Å². The zero-order chi connectivity index (χ0) is 19.4. The van der Waals surface area contributed by atoms with Gasteiger partial charge in [0.15, 0.2) is 0 Å². The summed E-state index contributed by atoms with van der Waals surface area (Å²) in [6.45, 7) is 0. The summed E-state index contributed by atoms with van der Waals surface area (Å²) >= 11 is 0. The zero-order valence-corrected chi connectivity index (χ0v) is 16.0. The Morgan fingerprint density at radius 3 is 2.30 bits per heavy atom. The number of nitrogens with one attached hydrogen (secondary N) is 1. The van der Waals surface area contributed by atoms with Crippen LogP contribution < -0.4 is 9.62 Å². The van der Waals surface area contributed by atoms with Crippen LogP contribution in [0.25, 0.3) is 0 Å². The summed E-state index contributed by atoms with van der Waals surface area (Å²) in [6.07, 6.45) is 2.92. The molecule has 0 unspecified atom stereocenters. The van der Waals surface area contributed by atoms with Crippen LogP contribution in [0.5, 0.6) is 0 Å². The molecular weight excluding hydrogens is 364 g/mol. The van der Waals surface area contributed by atoms with Gasteiger partial charge in [0, 0.05) is 12.6 Å². The number of anilines is 1. The summed E-state index contributed by atoms with van der Waals surface area (Å²) < 4.78 is 26.5. The van der Waals surface area contributed by atoms with E-state index in [4.69, 9.17) is 0 Å². The molecule has 0 radical (unpaired) electrons. The Morgan fingerprint density at radius 2 is 1.67 bits per heavy atom. The summed E-state index contributed by atoms with van der Waals surface area (Å²) in [5, 5.41) is 12.9. The van der Waals surface area contributed by atoms with Crippen molar-refractivity contribution in [3.63, 3.8) is 0 Å². The van der Waals surface area contributed by atoms with Crippen LogP contribution in [0.4, 0.5) is 5.69 Å². The number of hydrogen-bond donors (Lipinski definition) is 2. The van der Waals surface area contributed by atoms with E-state index in [1.807, 2.05) is 0 Å². The highest BCUT2D eigenvalue weighted by atomic mass is 32.2. The van der Waals surface area contributed by atoms with Crippen LogP contribution in [-0.4, -0.2) is 38.6 Å². The van der Waals surface area contributed by atoms with Gasteiger partial charge in [-0.05, 0) is 49.2 Å². The fraction of sp³-hybridized carbons (Fsp3) is 0.350. The van der Waals surface area contributed by atoms with E-state index >= 15 is 0 Å². The predicted molar refractivity (Wildman–Crippen MR) is 104 cm³/mol. The molecule has 1 amide bonds. The van der Waals surface area contributed by atoms with E-state index in [1.165, 1.54) is 11.4 Å². The summed E-state index contributed by atoms with van der Waals surface area (Å²) in [5.74, 6) is -0.263. The van der Waals surface area contributed by atoms with Crippen molar-refractivity contribution in [2.75, 3.05) is 11.4 Å². The third-order valence-corrected chi connectivity index (χ3v) is 6.74. The number of carbonyl (C=O) groups excluding carboxylic acids is 1. The third kappa shape index (κ3) is 4.31. The Morgan fingerprint density at radius 1 is 1.04 bits per heavy atom. The lowest BCUT2D eigenvalue weighted by molar-refractivity contribution is 0.0717. The molecule has 0 heterocycles. The van der Waals surface area contributed by atoms with E-state index in [0.717, 1.165) is 19.3 Å². The molecule has 0 aromatic heterocycles. The van der Waals surface area contributed by atoms with Gasteiger partial charge < -0.3 is 10.4 Å². The third-order valence-electron chi connectivity index (χ3n) is 4.94. The summed E-state index contributed by atoms with van der Waals surface area (Å²) in [4.78, 5) is 12.6. The lowest BCUT2D eigenvalue weighted by atomic mass is 9.92. The summed E-state index contributed by atoms with van der Waals surface area (Å²) in [7, 11) is -2.17. The molecule has 1 aliphatic rings. The molecule has 1 aliphatic carbocycles. The topological polar surface area (TPSA) is 86.7 Å². The maximum atomic E-state index is 12.7. The number of sulfonamides is 1. The number of aliphatic hydroxyl groups is 1. The second kappa shape index (κ2) is 8.10. The zero-order valence-electron chi connectivity index (χ0n) is 15.2. The van der Waals surface area contributed by atoms with Crippen molar-refractivity contribution in [1.29, 1.82) is 0 Å². The number of hydrogen-bond acceptors (Lipinski definition) is 4. The highest BCUT2D eigenvalue weighted by Crippen LogP contribution is 2.23. The minimum Gasteiger partial charge on any atom is -0.391 e. The van der Waals surface area contributed by atoms with E-state index in [0.29, 0.717) is 17.7 Å². The molecule has 0 saturated heterocycles. The van der Waals surface area contributed by atoms with Crippen molar-refractivity contribution < 1.29 is 18.3 Å². The van der Waals surface area contributed by atoms with Gasteiger partial charge in [0.05, 0.1) is 22.7 Å². The first kappa shape index (κ1) is 19.4. The Labute approximate surface area is 159 Å². The number of rotatable bonds is 5. The molecule has 7 heteroatoms. The first-order chi connectivity index (χ1) is 12.9. The van der Waals surface area contributed by atoms with Gasteiger partial charge in [0.25, 0.3) is 15.9 Å². The van der Waals surface area contributed by atoms with Crippen molar-refractivity contribution >= 4 is 21.6 Å². The highest BCUT2D eigenvalue weighted by Gasteiger charge is 2.25. The van der Waals surface area contributed by atoms with E-state index < -0.39 is 16.1 Å². The first-order valence-electron chi connectivity index (χ1n) is 9.02. The minimum atomic E-state index is -3.66. The summed E-state index contributed by atoms with van der Waals surface area (Å²) in [6, 6.07) is 14.4. The Balaban J connectivity index is 1.72. The van der Waals surface area contributed by atoms with E-state index in [2.05, 4.69) is 5.32 Å². The molecule has 2 atom stereocenters. The molecule has 0 aliphatic heterocycles. The lowest BCUT2D eigenvalue weighted by Crippen LogP contribution is -2.45. The van der Waals surface area contributed by atoms with Crippen molar-refractivity contribution in [3.8, 4) is 0 Å². The maximum absolute atomic E-state index is 12.7. The molecular formula is C20H24N2O4S. The van der Waals surface area contributed by atoms with Gasteiger partial charge in [-0.15, -0.1) is 0 Å². The van der Waals surface area contributed by atoms with Crippen LogP contribution in [0.2, 0.25) is 0 Å². The van der Waals surface area contributed by atoms with Gasteiger partial charge in [0.1, 0.15) is 0 Å². The smallest absolute Gasteiger partial charge is 0.264 e. The minimum absolute atomic E-state index is 0.209. The van der Waals surface area contributed by atoms with Crippen LogP contribution >= 0.6 is 0 Å². The largest absolute Gasteiger partial charge is 0.391 e. The molecule has 1 saturated carbocycles. The average Bonchev–Trinajstić information content (AvgIpc) is 2.70. The SMILES string of the molecule is CN(c1ccc(C(=O)N[C@@H]2CCCC[C@@H]2O)cc1)S(=O)(=O)c1ccccc1. The van der Waals surface area contributed by atoms with Crippen LogP contribution in [0.3, 0.4) is 0 Å². The molecule has 0 spiro atoms. The molecule has 2 aromatic rings. The second-order valence-electron chi connectivity index (χ2n) is 6.76. The molecule has 0 bridgehead atoms. The number of nitrogens with zero attached hydrogens (tertiary/aromatic N) is 1. The fourth-order valence-corrected chi connectivity index (χ4v) is 4.46. The van der Waals surface area contributed by atoms with E-state index in [1.54, 1.807) is 54.6 Å². The first-order valence-corrected chi connectivity index (χ1v) is 10.5. The van der Waals surface area contributed by atoms with Crippen molar-refractivity contribution in [3.05, 3.63) is 60.2 Å². The molecule has 2 aromatic carbocycles. The van der Waals surface area contributed by atoms with Gasteiger partial charge in [-0.25, -0.2) is 8.42 Å². The normalized spacial score (nSPS) is 20.1. The Kier molecular flexibility index (Phi) is 5.82. The van der Waals surface area contributed by atoms with Crippen molar-refractivity contribution in [1.82, 2.24) is 5.32 Å². The molecule has 27 heavy (non-hydrogen) atoms. The Bertz CT molecular complexity index is 882. The average molecular weight is 388 g/mol. The number of carbonyl (C=O) groups is 1. The predicted octanol–water partition coefficient (Wildman–Crippen LogP) is 2.55. The maximum Gasteiger partial charge on any atom is 0.264 e. The highest BCUT2D eigenvalue weighted by molar-refractivity contribution is 7.92. The summed E-state index contributed by atoms with van der Waals surface area (Å²) in [5.41, 5.74) is 0.898. The van der Waals surface area contributed by atoms with Crippen LogP contribution in [0.15, 0.2) is 59.5 Å². The van der Waals surface area contributed by atoms with Gasteiger partial charge >= 0.3 is 0 Å². The fourth-order valence-electron chi connectivity index (χ4n) is 3.24. The lowest BCUT2D eigenvalue weighted by Gasteiger charge is -2.28. The molecule has 6 nitrogen and oxygen atoms in total. The van der Waals surface area contributed by atoms with E-state index in [9.17, 15) is 18.3 Å². The van der Waals surface area contributed by atoms with Crippen LogP contribution in [0.1, 0.15) is 36.0 Å². The van der Waals surface area contributed by atoms with Crippen LogP contribution in [-0.2, 0) is 10.0 Å². The second-order valence-corrected chi connectivity index (χ2v) is 8.73. The molecule has 1 fully saturated rings. The Hall–Kier alpha value is -2.38. The van der Waals surface area contributed by atoms with Gasteiger partial charge in [-0.2, -0.15) is 0 Å². The molecule has 3 rings (SSSR count). The number of amides is 1. The van der Waals surface area contributed by atoms with Crippen molar-refractivity contribution in [2.24, 2.45) is 0 Å². The molecule has 2 N–H and O–H groups in total. The van der Waals surface area contributed by atoms with Gasteiger partial charge in [-0.1, -0.05) is 31.0 Å². The van der Waals surface area contributed by atoms with Crippen LogP contribution in [0, 0.1) is 0 Å². The number of aliphatic hydroxyl groups excluding tert-OH is 1. The van der Waals surface area contributed by atoms with Gasteiger partial charge in [0.2, 0.25) is 0 Å². The van der Waals surface area contributed by atoms with E-state index in [-0.39, 0.29) is 16.8 Å². The number of benzene rings is 2. The molecule has 144 valence electrons. The standard InChI is InChI=1S/C20H24N2O4S/c1-22(27(25,26)17-7-3-2-4-8-17)16-13-11-15(12-14-16)20(24)21-18-9-5-6-10-19(18)23/h2-4,7-8,11-14,18-19,23H,5-6,9-10H2,1H3,(H,21,24)/t18-,19+/m1/s1. The monoisotopic (exact) mass is 388 g/mol. The quantitative estimate of drug-likeness (QED) is 0.824.